The van der Waals surface area contributed by atoms with Crippen LogP contribution in [-0.2, 0) is 0 Å². The largest absolute Gasteiger partial charge is 0.507 e. The lowest BCUT2D eigenvalue weighted by Crippen LogP contribution is -2.47. The first-order chi connectivity index (χ1) is 10.2. The quantitative estimate of drug-likeness (QED) is 0.908. The van der Waals surface area contributed by atoms with Gasteiger partial charge in [0.25, 0.3) is 0 Å². The van der Waals surface area contributed by atoms with E-state index in [1.54, 1.807) is 13.2 Å². The molecule has 116 valence electrons. The van der Waals surface area contributed by atoms with Crippen molar-refractivity contribution in [3.63, 3.8) is 0 Å². The van der Waals surface area contributed by atoms with Crippen LogP contribution in [-0.4, -0.2) is 29.7 Å². The molecule has 1 aromatic carbocycles. The van der Waals surface area contributed by atoms with Gasteiger partial charge in [0.15, 0.2) is 0 Å². The van der Waals surface area contributed by atoms with E-state index in [9.17, 15) is 5.11 Å². The predicted molar refractivity (Wildman–Crippen MR) is 84.8 cm³/mol. The van der Waals surface area contributed by atoms with Gasteiger partial charge in [-0.1, -0.05) is 18.9 Å². The summed E-state index contributed by atoms with van der Waals surface area (Å²) in [6.07, 6.45) is 8.16. The number of hydrogen-bond donors (Lipinski definition) is 1. The van der Waals surface area contributed by atoms with Crippen LogP contribution in [0.15, 0.2) is 18.2 Å². The number of phenols is 1. The molecule has 2 aliphatic rings. The van der Waals surface area contributed by atoms with Crippen molar-refractivity contribution in [3.05, 3.63) is 23.8 Å². The van der Waals surface area contributed by atoms with Crippen LogP contribution < -0.4 is 4.74 Å². The van der Waals surface area contributed by atoms with Crippen LogP contribution in [0.2, 0.25) is 0 Å². The first-order valence-electron chi connectivity index (χ1n) is 8.33. The third-order valence-electron chi connectivity index (χ3n) is 5.47. The molecule has 1 saturated heterocycles. The second kappa shape index (κ2) is 6.27. The molecule has 1 unspecified atom stereocenters. The number of likely N-dealkylation sites (tertiary alicyclic amines) is 1. The van der Waals surface area contributed by atoms with Crippen molar-refractivity contribution >= 4 is 0 Å². The summed E-state index contributed by atoms with van der Waals surface area (Å²) in [5, 5.41) is 10.3. The maximum Gasteiger partial charge on any atom is 0.124 e. The van der Waals surface area contributed by atoms with Gasteiger partial charge in [0.1, 0.15) is 11.5 Å². The van der Waals surface area contributed by atoms with E-state index in [0.29, 0.717) is 11.8 Å². The summed E-state index contributed by atoms with van der Waals surface area (Å²) in [5.41, 5.74) is 1.03. The molecule has 1 aliphatic heterocycles. The zero-order valence-electron chi connectivity index (χ0n) is 13.2. The predicted octanol–water partition coefficient (Wildman–Crippen LogP) is 4.12. The standard InChI is InChI=1S/C18H27NO2/c1-13(16-10-9-15(21-2)12-18(16)20)19-11-5-7-14-6-3-4-8-17(14)19/h9-10,12-14,17,20H,3-8,11H2,1-2H3/t13?,14-,17-/m1/s1. The summed E-state index contributed by atoms with van der Waals surface area (Å²) < 4.78 is 5.19. The molecule has 1 N–H and O–H groups in total. The summed E-state index contributed by atoms with van der Waals surface area (Å²) in [6, 6.07) is 6.69. The summed E-state index contributed by atoms with van der Waals surface area (Å²) in [5.74, 6) is 1.95. The van der Waals surface area contributed by atoms with Crippen LogP contribution in [0, 0.1) is 5.92 Å². The zero-order valence-corrected chi connectivity index (χ0v) is 13.2. The van der Waals surface area contributed by atoms with E-state index in [0.717, 1.165) is 23.8 Å². The van der Waals surface area contributed by atoms with Crippen molar-refractivity contribution in [3.8, 4) is 11.5 Å². The Morgan fingerprint density at radius 1 is 1.19 bits per heavy atom. The van der Waals surface area contributed by atoms with E-state index >= 15 is 0 Å². The Balaban J connectivity index is 1.81. The Kier molecular flexibility index (Phi) is 4.39. The highest BCUT2D eigenvalue weighted by atomic mass is 16.5. The molecule has 3 rings (SSSR count). The smallest absolute Gasteiger partial charge is 0.124 e. The van der Waals surface area contributed by atoms with E-state index in [-0.39, 0.29) is 6.04 Å². The van der Waals surface area contributed by atoms with Crippen molar-refractivity contribution in [2.75, 3.05) is 13.7 Å². The minimum Gasteiger partial charge on any atom is -0.507 e. The molecule has 21 heavy (non-hydrogen) atoms. The molecule has 0 amide bonds. The highest BCUT2D eigenvalue weighted by molar-refractivity contribution is 5.41. The van der Waals surface area contributed by atoms with Crippen molar-refractivity contribution in [2.45, 2.75) is 57.5 Å². The molecule has 1 aromatic rings. The summed E-state index contributed by atoms with van der Waals surface area (Å²) in [6.45, 7) is 3.40. The molecule has 1 saturated carbocycles. The first-order valence-corrected chi connectivity index (χ1v) is 8.33. The van der Waals surface area contributed by atoms with E-state index in [1.807, 2.05) is 12.1 Å². The van der Waals surface area contributed by atoms with Gasteiger partial charge in [-0.15, -0.1) is 0 Å². The number of rotatable bonds is 3. The van der Waals surface area contributed by atoms with Gasteiger partial charge in [0, 0.05) is 23.7 Å². The van der Waals surface area contributed by atoms with Gasteiger partial charge in [-0.2, -0.15) is 0 Å². The summed E-state index contributed by atoms with van der Waals surface area (Å²) in [7, 11) is 1.63. The van der Waals surface area contributed by atoms with Crippen molar-refractivity contribution in [1.29, 1.82) is 0 Å². The third kappa shape index (κ3) is 2.89. The van der Waals surface area contributed by atoms with Crippen LogP contribution in [0.3, 0.4) is 0 Å². The van der Waals surface area contributed by atoms with E-state index < -0.39 is 0 Å². The lowest BCUT2D eigenvalue weighted by Gasteiger charge is -2.47. The average Bonchev–Trinajstić information content (AvgIpc) is 2.53. The van der Waals surface area contributed by atoms with Gasteiger partial charge < -0.3 is 9.84 Å². The second-order valence-corrected chi connectivity index (χ2v) is 6.59. The van der Waals surface area contributed by atoms with Crippen molar-refractivity contribution < 1.29 is 9.84 Å². The minimum absolute atomic E-state index is 0.279. The minimum atomic E-state index is 0.279. The Morgan fingerprint density at radius 3 is 2.71 bits per heavy atom. The maximum atomic E-state index is 10.3. The maximum absolute atomic E-state index is 10.3. The molecule has 3 atom stereocenters. The van der Waals surface area contributed by atoms with Gasteiger partial charge in [-0.25, -0.2) is 0 Å². The Morgan fingerprint density at radius 2 is 1.95 bits per heavy atom. The highest BCUT2D eigenvalue weighted by Gasteiger charge is 2.36. The fourth-order valence-corrected chi connectivity index (χ4v) is 4.33. The second-order valence-electron chi connectivity index (χ2n) is 6.59. The lowest BCUT2D eigenvalue weighted by atomic mass is 9.77. The van der Waals surface area contributed by atoms with Crippen LogP contribution in [0.25, 0.3) is 0 Å². The van der Waals surface area contributed by atoms with E-state index in [4.69, 9.17) is 4.74 Å². The van der Waals surface area contributed by atoms with Gasteiger partial charge in [-0.3, -0.25) is 4.90 Å². The molecule has 3 nitrogen and oxygen atoms in total. The molecule has 3 heteroatoms. The Hall–Kier alpha value is -1.22. The summed E-state index contributed by atoms with van der Waals surface area (Å²) >= 11 is 0. The fraction of sp³-hybridized carbons (Fsp3) is 0.667. The Bertz CT molecular complexity index is 486. The zero-order chi connectivity index (χ0) is 14.8. The van der Waals surface area contributed by atoms with Crippen LogP contribution in [0.5, 0.6) is 11.5 Å². The number of benzene rings is 1. The molecule has 1 heterocycles. The Labute approximate surface area is 127 Å². The monoisotopic (exact) mass is 289 g/mol. The number of ether oxygens (including phenoxy) is 1. The molecule has 1 aliphatic carbocycles. The number of fused-ring (bicyclic) bond motifs is 1. The topological polar surface area (TPSA) is 32.7 Å². The molecule has 0 radical (unpaired) electrons. The average molecular weight is 289 g/mol. The van der Waals surface area contributed by atoms with Gasteiger partial charge in [-0.05, 0) is 51.1 Å². The number of aromatic hydroxyl groups is 1. The highest BCUT2D eigenvalue weighted by Crippen LogP contribution is 2.41. The van der Waals surface area contributed by atoms with Crippen LogP contribution in [0.4, 0.5) is 0 Å². The third-order valence-corrected chi connectivity index (χ3v) is 5.47. The van der Waals surface area contributed by atoms with E-state index in [2.05, 4.69) is 11.8 Å². The van der Waals surface area contributed by atoms with Crippen LogP contribution >= 0.6 is 0 Å². The number of piperidine rings is 1. The molecular formula is C18H27NO2. The molecule has 2 fully saturated rings. The fourth-order valence-electron chi connectivity index (χ4n) is 4.33. The molecule has 0 bridgehead atoms. The lowest BCUT2D eigenvalue weighted by molar-refractivity contribution is 0.0301. The number of nitrogens with zero attached hydrogens (tertiary/aromatic N) is 1. The normalized spacial score (nSPS) is 27.9. The molecule has 0 spiro atoms. The number of methoxy groups -OCH3 is 1. The molecular weight excluding hydrogens is 262 g/mol. The van der Waals surface area contributed by atoms with Gasteiger partial charge in [0.2, 0.25) is 0 Å². The number of phenolic OH excluding ortho intramolecular Hbond substituents is 1. The SMILES string of the molecule is COc1ccc(C(C)N2CCC[C@H]3CCCC[C@H]32)c(O)c1. The van der Waals surface area contributed by atoms with Gasteiger partial charge >= 0.3 is 0 Å². The van der Waals surface area contributed by atoms with Crippen molar-refractivity contribution in [2.24, 2.45) is 5.92 Å². The van der Waals surface area contributed by atoms with Crippen LogP contribution in [0.1, 0.15) is 57.1 Å². The molecule has 0 aromatic heterocycles. The first kappa shape index (κ1) is 14.7. The summed E-state index contributed by atoms with van der Waals surface area (Å²) in [4.78, 5) is 2.63. The van der Waals surface area contributed by atoms with Crippen molar-refractivity contribution in [1.82, 2.24) is 4.90 Å². The van der Waals surface area contributed by atoms with E-state index in [1.165, 1.54) is 38.5 Å². The van der Waals surface area contributed by atoms with Gasteiger partial charge in [0.05, 0.1) is 7.11 Å². The number of hydrogen-bond acceptors (Lipinski definition) is 3.